The Morgan fingerprint density at radius 1 is 1.44 bits per heavy atom. The van der Waals surface area contributed by atoms with E-state index in [1.54, 1.807) is 19.1 Å². The Kier molecular flexibility index (Phi) is 3.30. The van der Waals surface area contributed by atoms with Gasteiger partial charge in [0.25, 0.3) is 0 Å². The summed E-state index contributed by atoms with van der Waals surface area (Å²) in [5, 5.41) is 19.3. The zero-order valence-corrected chi connectivity index (χ0v) is 11.0. The Morgan fingerprint density at radius 2 is 2.17 bits per heavy atom. The molecule has 2 rings (SSSR count). The monoisotopic (exact) mass is 249 g/mol. The molecule has 0 unspecified atom stereocenters. The molecule has 1 heterocycles. The molecule has 2 N–H and O–H groups in total. The molecule has 0 fully saturated rings. The van der Waals surface area contributed by atoms with Crippen LogP contribution in [0, 0.1) is 0 Å². The summed E-state index contributed by atoms with van der Waals surface area (Å²) in [5.74, 6) is 0.822. The van der Waals surface area contributed by atoms with E-state index in [1.807, 2.05) is 19.9 Å². The van der Waals surface area contributed by atoms with Gasteiger partial charge in [0.05, 0.1) is 23.9 Å². The number of aliphatic hydroxyl groups excluding tert-OH is 1. The number of fused-ring (bicyclic) bond motifs is 1. The number of hydrogen-bond donors (Lipinski definition) is 2. The molecule has 4 nitrogen and oxygen atoms in total. The van der Waals surface area contributed by atoms with Crippen molar-refractivity contribution >= 4 is 5.71 Å². The number of aromatic hydroxyl groups is 1. The van der Waals surface area contributed by atoms with Gasteiger partial charge >= 0.3 is 0 Å². The summed E-state index contributed by atoms with van der Waals surface area (Å²) in [7, 11) is 0. The summed E-state index contributed by atoms with van der Waals surface area (Å²) in [6, 6.07) is 5.20. The summed E-state index contributed by atoms with van der Waals surface area (Å²) in [4.78, 5) is 4.41. The maximum atomic E-state index is 9.94. The number of hydrogen-bond acceptors (Lipinski definition) is 4. The second-order valence-electron chi connectivity index (χ2n) is 5.33. The normalized spacial score (nSPS) is 21.2. The fourth-order valence-corrected chi connectivity index (χ4v) is 2.10. The van der Waals surface area contributed by atoms with E-state index < -0.39 is 6.10 Å². The Bertz CT molecular complexity index is 478. The van der Waals surface area contributed by atoms with Gasteiger partial charge in [0.15, 0.2) is 0 Å². The minimum absolute atomic E-state index is 0.173. The number of phenols is 1. The van der Waals surface area contributed by atoms with Crippen LogP contribution in [0.4, 0.5) is 0 Å². The molecule has 0 saturated heterocycles. The van der Waals surface area contributed by atoms with Gasteiger partial charge in [-0.3, -0.25) is 4.99 Å². The third kappa shape index (κ3) is 2.64. The third-order valence-corrected chi connectivity index (χ3v) is 2.82. The molecule has 0 aromatic heterocycles. The lowest BCUT2D eigenvalue weighted by molar-refractivity contribution is 0.110. The fraction of sp³-hybridized carbons (Fsp3) is 0.500. The van der Waals surface area contributed by atoms with Gasteiger partial charge in [-0.2, -0.15) is 0 Å². The Balaban J connectivity index is 2.45. The van der Waals surface area contributed by atoms with Gasteiger partial charge < -0.3 is 14.9 Å². The molecule has 0 aliphatic carbocycles. The van der Waals surface area contributed by atoms with E-state index in [0.717, 1.165) is 5.71 Å². The van der Waals surface area contributed by atoms with Gasteiger partial charge in [-0.05, 0) is 32.9 Å². The second-order valence-corrected chi connectivity index (χ2v) is 5.33. The van der Waals surface area contributed by atoms with Crippen LogP contribution < -0.4 is 4.74 Å². The number of nitrogens with zero attached hydrogens (tertiary/aromatic N) is 1. The number of phenolic OH excluding ortho intramolecular Hbond substituents is 1. The van der Waals surface area contributed by atoms with E-state index in [9.17, 15) is 10.2 Å². The van der Waals surface area contributed by atoms with Crippen molar-refractivity contribution in [1.82, 2.24) is 0 Å². The van der Waals surface area contributed by atoms with E-state index in [4.69, 9.17) is 4.74 Å². The van der Waals surface area contributed by atoms with Crippen LogP contribution in [-0.2, 0) is 0 Å². The number of aliphatic hydroxyl groups is 1. The zero-order chi connectivity index (χ0) is 13.3. The Labute approximate surface area is 107 Å². The predicted octanol–water partition coefficient (Wildman–Crippen LogP) is 2.12. The molecule has 0 saturated carbocycles. The highest BCUT2D eigenvalue weighted by atomic mass is 16.5. The zero-order valence-electron chi connectivity index (χ0n) is 11.0. The number of benzene rings is 1. The van der Waals surface area contributed by atoms with Crippen molar-refractivity contribution in [2.24, 2.45) is 4.99 Å². The minimum Gasteiger partial charge on any atom is -0.507 e. The summed E-state index contributed by atoms with van der Waals surface area (Å²) in [5.41, 5.74) is 1.09. The molecule has 1 aromatic carbocycles. The van der Waals surface area contributed by atoms with E-state index in [-0.39, 0.29) is 11.4 Å². The molecule has 0 spiro atoms. The van der Waals surface area contributed by atoms with Crippen LogP contribution in [0.15, 0.2) is 23.2 Å². The van der Waals surface area contributed by atoms with Crippen LogP contribution in [0.5, 0.6) is 11.5 Å². The Hall–Kier alpha value is -1.55. The molecule has 4 heteroatoms. The van der Waals surface area contributed by atoms with Crippen molar-refractivity contribution < 1.29 is 14.9 Å². The molecule has 18 heavy (non-hydrogen) atoms. The van der Waals surface area contributed by atoms with Crippen LogP contribution in [0.3, 0.4) is 0 Å². The number of rotatable bonds is 2. The summed E-state index contributed by atoms with van der Waals surface area (Å²) in [6.45, 7) is 6.00. The third-order valence-electron chi connectivity index (χ3n) is 2.82. The molecular weight excluding hydrogens is 230 g/mol. The van der Waals surface area contributed by atoms with Crippen molar-refractivity contribution in [2.75, 3.05) is 6.54 Å². The van der Waals surface area contributed by atoms with E-state index in [2.05, 4.69) is 4.99 Å². The molecule has 0 radical (unpaired) electrons. The lowest BCUT2D eigenvalue weighted by atomic mass is 9.91. The summed E-state index contributed by atoms with van der Waals surface area (Å²) in [6.07, 6.45) is 0.127. The maximum Gasteiger partial charge on any atom is 0.132 e. The van der Waals surface area contributed by atoms with Gasteiger partial charge in [0, 0.05) is 6.42 Å². The fourth-order valence-electron chi connectivity index (χ4n) is 2.10. The molecule has 98 valence electrons. The number of aliphatic imine (C=N–C) groups is 1. The van der Waals surface area contributed by atoms with Crippen LogP contribution in [0.1, 0.15) is 32.8 Å². The van der Waals surface area contributed by atoms with Crippen molar-refractivity contribution in [2.45, 2.75) is 38.9 Å². The van der Waals surface area contributed by atoms with Crippen LogP contribution in [0.2, 0.25) is 0 Å². The summed E-state index contributed by atoms with van der Waals surface area (Å²) < 4.78 is 5.83. The molecule has 0 amide bonds. The minimum atomic E-state index is -0.488. The van der Waals surface area contributed by atoms with Gasteiger partial charge in [-0.1, -0.05) is 6.07 Å². The van der Waals surface area contributed by atoms with Crippen LogP contribution in [0.25, 0.3) is 0 Å². The quantitative estimate of drug-likeness (QED) is 0.844. The highest BCUT2D eigenvalue weighted by Gasteiger charge is 2.32. The lowest BCUT2D eigenvalue weighted by Crippen LogP contribution is -2.36. The predicted molar refractivity (Wildman–Crippen MR) is 70.5 cm³/mol. The van der Waals surface area contributed by atoms with Gasteiger partial charge in [0.2, 0.25) is 0 Å². The van der Waals surface area contributed by atoms with Crippen molar-refractivity contribution in [1.29, 1.82) is 0 Å². The highest BCUT2D eigenvalue weighted by molar-refractivity contribution is 6.06. The van der Waals surface area contributed by atoms with Crippen molar-refractivity contribution in [3.63, 3.8) is 0 Å². The van der Waals surface area contributed by atoms with Crippen LogP contribution >= 0.6 is 0 Å². The molecule has 1 aliphatic heterocycles. The standard InChI is InChI=1S/C14H19NO3/c1-9(16)8-15-10-7-14(2,3)18-12-6-4-5-11(17)13(10)12/h4-6,9,16-17H,7-8H2,1-3H3/t9-/m1/s1. The molecule has 0 bridgehead atoms. The Morgan fingerprint density at radius 3 is 2.83 bits per heavy atom. The van der Waals surface area contributed by atoms with Gasteiger partial charge in [-0.25, -0.2) is 0 Å². The first-order valence-electron chi connectivity index (χ1n) is 6.12. The van der Waals surface area contributed by atoms with Gasteiger partial charge in [-0.15, -0.1) is 0 Å². The molecule has 1 aliphatic rings. The molecule has 1 atom stereocenters. The second kappa shape index (κ2) is 4.61. The van der Waals surface area contributed by atoms with E-state index in [1.165, 1.54) is 0 Å². The summed E-state index contributed by atoms with van der Waals surface area (Å²) >= 11 is 0. The van der Waals surface area contributed by atoms with Crippen molar-refractivity contribution in [3.05, 3.63) is 23.8 Å². The average molecular weight is 249 g/mol. The lowest BCUT2D eigenvalue weighted by Gasteiger charge is -2.33. The molecule has 1 aromatic rings. The van der Waals surface area contributed by atoms with Crippen LogP contribution in [-0.4, -0.2) is 34.2 Å². The first-order chi connectivity index (χ1) is 8.39. The molecular formula is C14H19NO3. The SMILES string of the molecule is C[C@@H](O)CN=C1CC(C)(C)Oc2cccc(O)c21. The maximum absolute atomic E-state index is 9.94. The first-order valence-corrected chi connectivity index (χ1v) is 6.12. The average Bonchev–Trinajstić information content (AvgIpc) is 2.24. The van der Waals surface area contributed by atoms with Crippen molar-refractivity contribution in [3.8, 4) is 11.5 Å². The topological polar surface area (TPSA) is 62.1 Å². The van der Waals surface area contributed by atoms with Gasteiger partial charge in [0.1, 0.15) is 17.1 Å². The number of ether oxygens (including phenoxy) is 1. The first kappa shape index (κ1) is 12.9. The van der Waals surface area contributed by atoms with E-state index >= 15 is 0 Å². The highest BCUT2D eigenvalue weighted by Crippen LogP contribution is 2.38. The van der Waals surface area contributed by atoms with E-state index in [0.29, 0.717) is 24.3 Å². The smallest absolute Gasteiger partial charge is 0.132 e. The largest absolute Gasteiger partial charge is 0.507 e.